The van der Waals surface area contributed by atoms with Gasteiger partial charge in [0.15, 0.2) is 0 Å². The van der Waals surface area contributed by atoms with Crippen molar-refractivity contribution in [2.45, 2.75) is 37.9 Å². The number of nitrogens with zero attached hydrogens (tertiary/aromatic N) is 3. The smallest absolute Gasteiger partial charge is 0.237 e. The van der Waals surface area contributed by atoms with Crippen molar-refractivity contribution in [3.8, 4) is 0 Å². The molecule has 5 nitrogen and oxygen atoms in total. The van der Waals surface area contributed by atoms with Crippen LogP contribution in [0.3, 0.4) is 0 Å². The highest BCUT2D eigenvalue weighted by Crippen LogP contribution is 2.35. The molecule has 2 aliphatic heterocycles. The minimum atomic E-state index is 0.0701. The second-order valence-corrected chi connectivity index (χ2v) is 7.45. The predicted molar refractivity (Wildman–Crippen MR) is 88.7 cm³/mol. The van der Waals surface area contributed by atoms with Crippen LogP contribution in [-0.4, -0.2) is 59.5 Å². The van der Waals surface area contributed by atoms with Gasteiger partial charge < -0.3 is 5.32 Å². The molecule has 0 radical (unpaired) electrons. The molecule has 3 atom stereocenters. The quantitative estimate of drug-likeness (QED) is 0.884. The van der Waals surface area contributed by atoms with E-state index in [1.165, 1.54) is 12.8 Å². The number of hydrogen-bond donors (Lipinski definition) is 1. The van der Waals surface area contributed by atoms with E-state index in [1.54, 1.807) is 0 Å². The van der Waals surface area contributed by atoms with E-state index >= 15 is 0 Å². The molecule has 1 aromatic heterocycles. The molecule has 3 aliphatic rings. The van der Waals surface area contributed by atoms with Crippen LogP contribution in [0.25, 0.3) is 0 Å². The van der Waals surface area contributed by atoms with Crippen molar-refractivity contribution in [3.05, 3.63) is 30.1 Å². The molecule has 3 fully saturated rings. The second kappa shape index (κ2) is 6.21. The van der Waals surface area contributed by atoms with Crippen LogP contribution < -0.4 is 5.32 Å². The largest absolute Gasteiger partial charge is 0.354 e. The van der Waals surface area contributed by atoms with Crippen molar-refractivity contribution in [1.29, 1.82) is 0 Å². The van der Waals surface area contributed by atoms with E-state index in [1.807, 2.05) is 18.3 Å². The first-order chi connectivity index (χ1) is 11.2. The Morgan fingerprint density at radius 2 is 2.22 bits per heavy atom. The number of nitrogens with one attached hydrogen (secondary N) is 1. The topological polar surface area (TPSA) is 48.5 Å². The molecular weight excluding hydrogens is 288 g/mol. The SMILES string of the molecule is CN1[C@@H](C(=O)NCC2CC2)C[C@H]2CN(Cc3ccccn3)C[C@H]21. The lowest BCUT2D eigenvalue weighted by atomic mass is 10.0. The van der Waals surface area contributed by atoms with Gasteiger partial charge in [0.25, 0.3) is 0 Å². The lowest BCUT2D eigenvalue weighted by Gasteiger charge is -2.26. The molecule has 0 unspecified atom stereocenters. The van der Waals surface area contributed by atoms with Crippen LogP contribution in [0, 0.1) is 11.8 Å². The summed E-state index contributed by atoms with van der Waals surface area (Å²) < 4.78 is 0. The van der Waals surface area contributed by atoms with Gasteiger partial charge in [0.1, 0.15) is 0 Å². The summed E-state index contributed by atoms with van der Waals surface area (Å²) in [6.07, 6.45) is 5.43. The maximum Gasteiger partial charge on any atom is 0.237 e. The molecule has 2 saturated heterocycles. The van der Waals surface area contributed by atoms with Gasteiger partial charge >= 0.3 is 0 Å². The first kappa shape index (κ1) is 15.1. The van der Waals surface area contributed by atoms with Crippen LogP contribution in [0.1, 0.15) is 25.0 Å². The zero-order valence-electron chi connectivity index (χ0n) is 13.8. The Hall–Kier alpha value is -1.46. The van der Waals surface area contributed by atoms with Crippen LogP contribution in [0.5, 0.6) is 0 Å². The molecule has 0 aromatic carbocycles. The summed E-state index contributed by atoms with van der Waals surface area (Å²) >= 11 is 0. The normalized spacial score (nSPS) is 31.3. The molecule has 5 heteroatoms. The fraction of sp³-hybridized carbons (Fsp3) is 0.667. The summed E-state index contributed by atoms with van der Waals surface area (Å²) in [6.45, 7) is 3.92. The molecule has 4 rings (SSSR count). The zero-order chi connectivity index (χ0) is 15.8. The van der Waals surface area contributed by atoms with Crippen molar-refractivity contribution >= 4 is 5.91 Å². The van der Waals surface area contributed by atoms with Crippen molar-refractivity contribution in [3.63, 3.8) is 0 Å². The third-order valence-corrected chi connectivity index (χ3v) is 5.70. The first-order valence-corrected chi connectivity index (χ1v) is 8.82. The number of likely N-dealkylation sites (tertiary alicyclic amines) is 2. The van der Waals surface area contributed by atoms with Crippen LogP contribution in [0.4, 0.5) is 0 Å². The van der Waals surface area contributed by atoms with Crippen molar-refractivity contribution in [1.82, 2.24) is 20.1 Å². The lowest BCUT2D eigenvalue weighted by molar-refractivity contribution is -0.125. The number of aromatic nitrogens is 1. The third kappa shape index (κ3) is 3.26. The van der Waals surface area contributed by atoms with Crippen molar-refractivity contribution < 1.29 is 4.79 Å². The molecule has 0 bridgehead atoms. The summed E-state index contributed by atoms with van der Waals surface area (Å²) in [7, 11) is 2.12. The van der Waals surface area contributed by atoms with Crippen LogP contribution >= 0.6 is 0 Å². The molecular formula is C18H26N4O. The zero-order valence-corrected chi connectivity index (χ0v) is 13.8. The van der Waals surface area contributed by atoms with Gasteiger partial charge in [0.05, 0.1) is 11.7 Å². The summed E-state index contributed by atoms with van der Waals surface area (Å²) in [5.74, 6) is 1.60. The summed E-state index contributed by atoms with van der Waals surface area (Å²) in [6, 6.07) is 6.68. The van der Waals surface area contributed by atoms with Gasteiger partial charge in [0.2, 0.25) is 5.91 Å². The summed E-state index contributed by atoms with van der Waals surface area (Å²) in [4.78, 5) is 21.6. The van der Waals surface area contributed by atoms with Gasteiger partial charge in [-0.15, -0.1) is 0 Å². The van der Waals surface area contributed by atoms with Crippen LogP contribution in [0.15, 0.2) is 24.4 Å². The number of amides is 1. The van der Waals surface area contributed by atoms with E-state index in [0.29, 0.717) is 12.0 Å². The third-order valence-electron chi connectivity index (χ3n) is 5.70. The molecule has 0 spiro atoms. The van der Waals surface area contributed by atoms with Crippen molar-refractivity contribution in [2.24, 2.45) is 11.8 Å². The van der Waals surface area contributed by atoms with Gasteiger partial charge in [-0.2, -0.15) is 0 Å². The molecule has 23 heavy (non-hydrogen) atoms. The lowest BCUT2D eigenvalue weighted by Crippen LogP contribution is -2.46. The second-order valence-electron chi connectivity index (χ2n) is 7.45. The molecule has 1 N–H and O–H groups in total. The molecule has 1 aromatic rings. The highest BCUT2D eigenvalue weighted by Gasteiger charge is 2.47. The van der Waals surface area contributed by atoms with Gasteiger partial charge in [-0.25, -0.2) is 0 Å². The number of fused-ring (bicyclic) bond motifs is 1. The van der Waals surface area contributed by atoms with E-state index in [4.69, 9.17) is 0 Å². The number of rotatable bonds is 5. The Kier molecular flexibility index (Phi) is 4.07. The van der Waals surface area contributed by atoms with E-state index in [9.17, 15) is 4.79 Å². The Bertz CT molecular complexity index is 559. The maximum atomic E-state index is 12.4. The first-order valence-electron chi connectivity index (χ1n) is 8.82. The van der Waals surface area contributed by atoms with Gasteiger partial charge in [-0.1, -0.05) is 6.07 Å². The van der Waals surface area contributed by atoms with Gasteiger partial charge in [-0.3, -0.25) is 19.6 Å². The molecule has 1 aliphatic carbocycles. The van der Waals surface area contributed by atoms with Crippen molar-refractivity contribution in [2.75, 3.05) is 26.7 Å². The number of carbonyl (C=O) groups is 1. The Balaban J connectivity index is 1.31. The van der Waals surface area contributed by atoms with E-state index in [2.05, 4.69) is 33.2 Å². The standard InChI is InChI=1S/C18H26N4O/c1-21-16(18(23)20-9-13-5-6-13)8-14-10-22(12-17(14)21)11-15-4-2-3-7-19-15/h2-4,7,13-14,16-17H,5-6,8-12H2,1H3,(H,20,23)/t14-,16+,17+/m0/s1. The minimum absolute atomic E-state index is 0.0701. The molecule has 1 saturated carbocycles. The highest BCUT2D eigenvalue weighted by molar-refractivity contribution is 5.82. The minimum Gasteiger partial charge on any atom is -0.354 e. The number of carbonyl (C=O) groups excluding carboxylic acids is 1. The number of pyridine rings is 1. The average molecular weight is 314 g/mol. The molecule has 3 heterocycles. The fourth-order valence-corrected chi connectivity index (χ4v) is 4.15. The Morgan fingerprint density at radius 1 is 1.35 bits per heavy atom. The summed E-state index contributed by atoms with van der Waals surface area (Å²) in [5, 5.41) is 3.15. The van der Waals surface area contributed by atoms with E-state index < -0.39 is 0 Å². The van der Waals surface area contributed by atoms with E-state index in [0.717, 1.165) is 44.2 Å². The van der Waals surface area contributed by atoms with Crippen LogP contribution in [0.2, 0.25) is 0 Å². The van der Waals surface area contributed by atoms with Crippen LogP contribution in [-0.2, 0) is 11.3 Å². The number of likely N-dealkylation sites (N-methyl/N-ethyl adjacent to an activating group) is 1. The predicted octanol–water partition coefficient (Wildman–Crippen LogP) is 1.11. The fourth-order valence-electron chi connectivity index (χ4n) is 4.15. The maximum absolute atomic E-state index is 12.4. The molecule has 124 valence electrons. The molecule has 1 amide bonds. The average Bonchev–Trinajstić information content (AvgIpc) is 3.23. The van der Waals surface area contributed by atoms with E-state index in [-0.39, 0.29) is 11.9 Å². The number of hydrogen-bond acceptors (Lipinski definition) is 4. The summed E-state index contributed by atoms with van der Waals surface area (Å²) in [5.41, 5.74) is 1.13. The Morgan fingerprint density at radius 3 is 2.91 bits per heavy atom. The monoisotopic (exact) mass is 314 g/mol. The van der Waals surface area contributed by atoms with Gasteiger partial charge in [0, 0.05) is 38.4 Å². The highest BCUT2D eigenvalue weighted by atomic mass is 16.2. The van der Waals surface area contributed by atoms with Gasteiger partial charge in [-0.05, 0) is 50.3 Å². The Labute approximate surface area is 138 Å².